The number of hydrogen-bond acceptors (Lipinski definition) is 1. The van der Waals surface area contributed by atoms with Gasteiger partial charge >= 0.3 is 0 Å². The molecule has 0 aliphatic heterocycles. The van der Waals surface area contributed by atoms with Gasteiger partial charge in [-0.3, -0.25) is 4.99 Å². The highest BCUT2D eigenvalue weighted by atomic mass is 35.5. The molecule has 0 fully saturated rings. The molecule has 1 aromatic carbocycles. The lowest BCUT2D eigenvalue weighted by molar-refractivity contribution is 0.665. The molecule has 0 unspecified atom stereocenters. The van der Waals surface area contributed by atoms with Gasteiger partial charge in [-0.15, -0.1) is 0 Å². The minimum Gasteiger partial charge on any atom is -0.370 e. The molecule has 0 radical (unpaired) electrons. The zero-order chi connectivity index (χ0) is 11.3. The van der Waals surface area contributed by atoms with Gasteiger partial charge in [-0.05, 0) is 30.2 Å². The van der Waals surface area contributed by atoms with Gasteiger partial charge in [0.2, 0.25) is 0 Å². The second kappa shape index (κ2) is 5.61. The third-order valence-corrected chi connectivity index (χ3v) is 2.00. The van der Waals surface area contributed by atoms with Gasteiger partial charge in [-0.2, -0.15) is 0 Å². The van der Waals surface area contributed by atoms with E-state index in [1.54, 1.807) is 12.1 Å². The zero-order valence-electron chi connectivity index (χ0n) is 9.00. The molecular weight excluding hydrogens is 210 g/mol. The largest absolute Gasteiger partial charge is 0.370 e. The highest BCUT2D eigenvalue weighted by Crippen LogP contribution is 2.12. The van der Waals surface area contributed by atoms with Crippen LogP contribution in [0.5, 0.6) is 0 Å². The lowest BCUT2D eigenvalue weighted by Crippen LogP contribution is -2.23. The van der Waals surface area contributed by atoms with Crippen LogP contribution >= 0.6 is 11.6 Å². The average Bonchev–Trinajstić information content (AvgIpc) is 2.19. The van der Waals surface area contributed by atoms with Crippen LogP contribution in [0.4, 0.5) is 5.69 Å². The first-order chi connectivity index (χ1) is 7.08. The van der Waals surface area contributed by atoms with Crippen LogP contribution in [0.3, 0.4) is 0 Å². The molecule has 3 nitrogen and oxygen atoms in total. The van der Waals surface area contributed by atoms with Crippen LogP contribution < -0.4 is 11.1 Å². The average molecular weight is 226 g/mol. The van der Waals surface area contributed by atoms with Crippen molar-refractivity contribution in [3.8, 4) is 0 Å². The molecule has 0 saturated carbocycles. The molecule has 0 saturated heterocycles. The number of benzene rings is 1. The summed E-state index contributed by atoms with van der Waals surface area (Å²) in [6.45, 7) is 4.92. The first kappa shape index (κ1) is 11.9. The highest BCUT2D eigenvalue weighted by molar-refractivity contribution is 6.30. The van der Waals surface area contributed by atoms with Crippen molar-refractivity contribution in [3.05, 3.63) is 29.3 Å². The monoisotopic (exact) mass is 225 g/mol. The summed E-state index contributed by atoms with van der Waals surface area (Å²) in [5.41, 5.74) is 6.59. The normalized spacial score (nSPS) is 11.9. The van der Waals surface area contributed by atoms with Gasteiger partial charge in [-0.1, -0.05) is 25.4 Å². The molecule has 15 heavy (non-hydrogen) atoms. The van der Waals surface area contributed by atoms with Gasteiger partial charge in [0.15, 0.2) is 5.96 Å². The molecule has 0 heterocycles. The van der Waals surface area contributed by atoms with Gasteiger partial charge < -0.3 is 11.1 Å². The molecule has 0 aromatic heterocycles. The van der Waals surface area contributed by atoms with Crippen molar-refractivity contribution in [2.45, 2.75) is 13.8 Å². The maximum absolute atomic E-state index is 5.76. The van der Waals surface area contributed by atoms with Crippen LogP contribution in [0, 0.1) is 5.92 Å². The molecule has 82 valence electrons. The summed E-state index contributed by atoms with van der Waals surface area (Å²) in [7, 11) is 0. The predicted molar refractivity (Wildman–Crippen MR) is 66.4 cm³/mol. The summed E-state index contributed by atoms with van der Waals surface area (Å²) in [6.07, 6.45) is 0. The number of rotatable bonds is 3. The van der Waals surface area contributed by atoms with Crippen LogP contribution in [0.1, 0.15) is 13.8 Å². The molecule has 0 bridgehead atoms. The summed E-state index contributed by atoms with van der Waals surface area (Å²) in [4.78, 5) is 4.19. The fourth-order valence-electron chi connectivity index (χ4n) is 1.00. The van der Waals surface area contributed by atoms with Crippen LogP contribution in [0.25, 0.3) is 0 Å². The van der Waals surface area contributed by atoms with E-state index in [1.165, 1.54) is 0 Å². The minimum absolute atomic E-state index is 0.436. The Kier molecular flexibility index (Phi) is 4.43. The number of guanidine groups is 1. The number of aliphatic imine (C=N–C) groups is 1. The number of nitrogens with zero attached hydrogens (tertiary/aromatic N) is 1. The van der Waals surface area contributed by atoms with Crippen molar-refractivity contribution < 1.29 is 0 Å². The lowest BCUT2D eigenvalue weighted by Gasteiger charge is -2.06. The molecule has 0 amide bonds. The molecule has 1 rings (SSSR count). The maximum atomic E-state index is 5.76. The van der Waals surface area contributed by atoms with Gasteiger partial charge in [0.05, 0.1) is 0 Å². The van der Waals surface area contributed by atoms with E-state index >= 15 is 0 Å². The van der Waals surface area contributed by atoms with Crippen LogP contribution in [0.15, 0.2) is 29.3 Å². The third kappa shape index (κ3) is 4.70. The van der Waals surface area contributed by atoms with E-state index in [2.05, 4.69) is 24.2 Å². The van der Waals surface area contributed by atoms with Crippen molar-refractivity contribution in [1.29, 1.82) is 0 Å². The standard InChI is InChI=1S/C11H16ClN3/c1-8(2)7-14-11(13)15-10-5-3-9(12)4-6-10/h3-6,8H,7H2,1-2H3,(H3,13,14,15). The second-order valence-corrected chi connectivity index (χ2v) is 4.19. The van der Waals surface area contributed by atoms with E-state index in [4.69, 9.17) is 17.3 Å². The van der Waals surface area contributed by atoms with Crippen molar-refractivity contribution >= 4 is 23.2 Å². The first-order valence-corrected chi connectivity index (χ1v) is 5.28. The molecule has 0 atom stereocenters. The van der Waals surface area contributed by atoms with Crippen molar-refractivity contribution in [2.24, 2.45) is 16.6 Å². The number of hydrogen-bond donors (Lipinski definition) is 2. The fourth-order valence-corrected chi connectivity index (χ4v) is 1.13. The smallest absolute Gasteiger partial charge is 0.193 e. The minimum atomic E-state index is 0.436. The van der Waals surface area contributed by atoms with E-state index in [0.717, 1.165) is 12.2 Å². The van der Waals surface area contributed by atoms with E-state index in [9.17, 15) is 0 Å². The molecule has 3 N–H and O–H groups in total. The van der Waals surface area contributed by atoms with Crippen LogP contribution in [-0.4, -0.2) is 12.5 Å². The maximum Gasteiger partial charge on any atom is 0.193 e. The Hall–Kier alpha value is -1.22. The molecule has 0 aliphatic carbocycles. The number of anilines is 1. The Morgan fingerprint density at radius 3 is 2.53 bits per heavy atom. The SMILES string of the molecule is CC(C)CN=C(N)Nc1ccc(Cl)cc1. The van der Waals surface area contributed by atoms with E-state index in [0.29, 0.717) is 16.9 Å². The Morgan fingerprint density at radius 1 is 1.40 bits per heavy atom. The van der Waals surface area contributed by atoms with E-state index < -0.39 is 0 Å². The Morgan fingerprint density at radius 2 is 2.00 bits per heavy atom. The van der Waals surface area contributed by atoms with Gasteiger partial charge in [-0.25, -0.2) is 0 Å². The Labute approximate surface area is 95.3 Å². The summed E-state index contributed by atoms with van der Waals surface area (Å²) in [5.74, 6) is 0.946. The van der Waals surface area contributed by atoms with Crippen molar-refractivity contribution in [3.63, 3.8) is 0 Å². The van der Waals surface area contributed by atoms with Crippen LogP contribution in [0.2, 0.25) is 5.02 Å². The van der Waals surface area contributed by atoms with Crippen LogP contribution in [-0.2, 0) is 0 Å². The van der Waals surface area contributed by atoms with Gasteiger partial charge in [0.25, 0.3) is 0 Å². The van der Waals surface area contributed by atoms with E-state index in [-0.39, 0.29) is 0 Å². The molecular formula is C11H16ClN3. The predicted octanol–water partition coefficient (Wildman–Crippen LogP) is 2.72. The Balaban J connectivity index is 2.54. The Bertz CT molecular complexity index is 330. The quantitative estimate of drug-likeness (QED) is 0.614. The topological polar surface area (TPSA) is 50.4 Å². The molecule has 4 heteroatoms. The highest BCUT2D eigenvalue weighted by Gasteiger charge is 1.96. The lowest BCUT2D eigenvalue weighted by atomic mass is 10.2. The number of nitrogens with two attached hydrogens (primary N) is 1. The summed E-state index contributed by atoms with van der Waals surface area (Å²) >= 11 is 5.76. The summed E-state index contributed by atoms with van der Waals surface area (Å²) < 4.78 is 0. The van der Waals surface area contributed by atoms with Crippen molar-refractivity contribution in [1.82, 2.24) is 0 Å². The molecule has 0 spiro atoms. The van der Waals surface area contributed by atoms with E-state index in [1.807, 2.05) is 12.1 Å². The second-order valence-electron chi connectivity index (χ2n) is 3.75. The van der Waals surface area contributed by atoms with Crippen molar-refractivity contribution in [2.75, 3.05) is 11.9 Å². The summed E-state index contributed by atoms with van der Waals surface area (Å²) in [6, 6.07) is 7.33. The summed E-state index contributed by atoms with van der Waals surface area (Å²) in [5, 5.41) is 3.70. The zero-order valence-corrected chi connectivity index (χ0v) is 9.75. The molecule has 0 aliphatic rings. The first-order valence-electron chi connectivity index (χ1n) is 4.90. The fraction of sp³-hybridized carbons (Fsp3) is 0.364. The third-order valence-electron chi connectivity index (χ3n) is 1.74. The number of nitrogens with one attached hydrogen (secondary N) is 1. The molecule has 1 aromatic rings. The van der Waals surface area contributed by atoms with Gasteiger partial charge in [0.1, 0.15) is 0 Å². The number of halogens is 1. The van der Waals surface area contributed by atoms with Gasteiger partial charge in [0, 0.05) is 17.3 Å².